The lowest BCUT2D eigenvalue weighted by molar-refractivity contribution is 0.151. The minimum atomic E-state index is -0.900. The van der Waals surface area contributed by atoms with Gasteiger partial charge in [0.1, 0.15) is 11.9 Å². The second-order valence-electron chi connectivity index (χ2n) is 3.96. The lowest BCUT2D eigenvalue weighted by Gasteiger charge is -2.23. The summed E-state index contributed by atoms with van der Waals surface area (Å²) >= 11 is 0. The maximum atomic E-state index is 13.3. The molecule has 4 nitrogen and oxygen atoms in total. The molecule has 5 heteroatoms. The van der Waals surface area contributed by atoms with E-state index in [0.717, 1.165) is 11.5 Å². The molecule has 1 aliphatic heterocycles. The number of nitrogens with zero attached hydrogens (tertiary/aromatic N) is 2. The highest BCUT2D eigenvalue weighted by molar-refractivity contribution is 5.03. The van der Waals surface area contributed by atoms with Crippen molar-refractivity contribution >= 4 is 0 Å². The topological polar surface area (TPSA) is 38.5 Å². The lowest BCUT2D eigenvalue weighted by atomic mass is 10.2. The van der Waals surface area contributed by atoms with Crippen LogP contribution in [-0.2, 0) is 11.3 Å². The molecule has 0 spiro atoms. The van der Waals surface area contributed by atoms with Gasteiger partial charge in [0.25, 0.3) is 0 Å². The van der Waals surface area contributed by atoms with Gasteiger partial charge in [0.2, 0.25) is 0 Å². The van der Waals surface area contributed by atoms with Crippen molar-refractivity contribution in [3.8, 4) is 0 Å². The predicted molar refractivity (Wildman–Crippen MR) is 52.2 cm³/mol. The molecule has 0 aliphatic carbocycles. The number of alkyl halides is 1. The van der Waals surface area contributed by atoms with Gasteiger partial charge in [-0.25, -0.2) is 4.39 Å². The maximum absolute atomic E-state index is 13.3. The first-order valence-electron chi connectivity index (χ1n) is 5.01. The van der Waals surface area contributed by atoms with Crippen molar-refractivity contribution in [1.82, 2.24) is 10.1 Å². The number of likely N-dealkylation sites (N-methyl/N-ethyl adjacent to an activating group) is 1. The average Bonchev–Trinajstić information content (AvgIpc) is 2.75. The van der Waals surface area contributed by atoms with Crippen molar-refractivity contribution in [2.24, 2.45) is 0 Å². The standard InChI is InChI=1S/C10H15FN2O2/c1-7-3-8(12-15-7)4-13(2)10-6-14-5-9(10)11/h3,9-10H,4-6H2,1-2H3. The van der Waals surface area contributed by atoms with Crippen LogP contribution in [0.5, 0.6) is 0 Å². The Kier molecular flexibility index (Phi) is 3.02. The van der Waals surface area contributed by atoms with Crippen molar-refractivity contribution in [1.29, 1.82) is 0 Å². The Morgan fingerprint density at radius 3 is 2.93 bits per heavy atom. The normalized spacial score (nSPS) is 26.4. The number of hydrogen-bond donors (Lipinski definition) is 0. The SMILES string of the molecule is Cc1cc(CN(C)C2COCC2F)no1. The minimum Gasteiger partial charge on any atom is -0.377 e. The molecule has 1 aromatic rings. The first kappa shape index (κ1) is 10.6. The second kappa shape index (κ2) is 4.28. The summed E-state index contributed by atoms with van der Waals surface area (Å²) in [5.41, 5.74) is 0.828. The van der Waals surface area contributed by atoms with Crippen LogP contribution in [0.1, 0.15) is 11.5 Å². The summed E-state index contributed by atoms with van der Waals surface area (Å²) in [4.78, 5) is 1.91. The zero-order valence-corrected chi connectivity index (χ0v) is 8.94. The summed E-state index contributed by atoms with van der Waals surface area (Å²) in [5, 5.41) is 3.87. The number of hydrogen-bond acceptors (Lipinski definition) is 4. The van der Waals surface area contributed by atoms with Gasteiger partial charge in [-0.3, -0.25) is 4.90 Å². The summed E-state index contributed by atoms with van der Waals surface area (Å²) in [6.07, 6.45) is -0.900. The van der Waals surface area contributed by atoms with E-state index in [1.807, 2.05) is 24.9 Å². The second-order valence-corrected chi connectivity index (χ2v) is 3.96. The van der Waals surface area contributed by atoms with Crippen molar-refractivity contribution in [2.75, 3.05) is 20.3 Å². The molecule has 1 aromatic heterocycles. The summed E-state index contributed by atoms with van der Waals surface area (Å²) < 4.78 is 23.4. The van der Waals surface area contributed by atoms with E-state index in [1.54, 1.807) is 0 Å². The molecule has 0 aromatic carbocycles. The number of ether oxygens (including phenoxy) is 1. The summed E-state index contributed by atoms with van der Waals surface area (Å²) in [5.74, 6) is 0.776. The van der Waals surface area contributed by atoms with E-state index in [0.29, 0.717) is 13.2 Å². The Bertz CT molecular complexity index is 329. The lowest BCUT2D eigenvalue weighted by Crippen LogP contribution is -2.38. The molecule has 0 amide bonds. The third-order valence-corrected chi connectivity index (χ3v) is 2.64. The summed E-state index contributed by atoms with van der Waals surface area (Å²) in [7, 11) is 1.87. The minimum absolute atomic E-state index is 0.165. The van der Waals surface area contributed by atoms with E-state index in [2.05, 4.69) is 5.16 Å². The molecular formula is C10H15FN2O2. The molecule has 1 saturated heterocycles. The van der Waals surface area contributed by atoms with E-state index < -0.39 is 6.17 Å². The monoisotopic (exact) mass is 214 g/mol. The van der Waals surface area contributed by atoms with Gasteiger partial charge in [-0.05, 0) is 14.0 Å². The molecule has 0 N–H and O–H groups in total. The fourth-order valence-electron chi connectivity index (χ4n) is 1.79. The van der Waals surface area contributed by atoms with E-state index >= 15 is 0 Å². The first-order chi connectivity index (χ1) is 7.16. The molecule has 2 rings (SSSR count). The van der Waals surface area contributed by atoms with Crippen molar-refractivity contribution in [3.63, 3.8) is 0 Å². The van der Waals surface area contributed by atoms with Crippen LogP contribution in [0.15, 0.2) is 10.6 Å². The van der Waals surface area contributed by atoms with Gasteiger partial charge in [0.05, 0.1) is 24.9 Å². The van der Waals surface area contributed by atoms with Crippen LogP contribution in [0.3, 0.4) is 0 Å². The highest BCUT2D eigenvalue weighted by atomic mass is 19.1. The zero-order valence-electron chi connectivity index (χ0n) is 8.94. The van der Waals surface area contributed by atoms with E-state index in [9.17, 15) is 4.39 Å². The zero-order chi connectivity index (χ0) is 10.8. The molecular weight excluding hydrogens is 199 g/mol. The highest BCUT2D eigenvalue weighted by Crippen LogP contribution is 2.17. The molecule has 2 heterocycles. The van der Waals surface area contributed by atoms with Crippen LogP contribution < -0.4 is 0 Å². The van der Waals surface area contributed by atoms with Crippen molar-refractivity contribution in [2.45, 2.75) is 25.7 Å². The van der Waals surface area contributed by atoms with Gasteiger partial charge >= 0.3 is 0 Å². The molecule has 0 bridgehead atoms. The molecule has 0 radical (unpaired) electrons. The summed E-state index contributed by atoms with van der Waals surface area (Å²) in [6.45, 7) is 3.08. The van der Waals surface area contributed by atoms with E-state index in [1.165, 1.54) is 0 Å². The fraction of sp³-hybridized carbons (Fsp3) is 0.700. The number of aromatic nitrogens is 1. The molecule has 15 heavy (non-hydrogen) atoms. The van der Waals surface area contributed by atoms with Gasteiger partial charge in [-0.2, -0.15) is 0 Å². The van der Waals surface area contributed by atoms with Gasteiger partial charge in [-0.1, -0.05) is 5.16 Å². The largest absolute Gasteiger partial charge is 0.377 e. The third kappa shape index (κ3) is 2.35. The van der Waals surface area contributed by atoms with Crippen molar-refractivity contribution in [3.05, 3.63) is 17.5 Å². The van der Waals surface area contributed by atoms with Crippen LogP contribution in [0.25, 0.3) is 0 Å². The molecule has 2 atom stereocenters. The third-order valence-electron chi connectivity index (χ3n) is 2.64. The quantitative estimate of drug-likeness (QED) is 0.756. The highest BCUT2D eigenvalue weighted by Gasteiger charge is 2.31. The van der Waals surface area contributed by atoms with E-state index in [-0.39, 0.29) is 12.6 Å². The van der Waals surface area contributed by atoms with Gasteiger partial charge in [0.15, 0.2) is 0 Å². The summed E-state index contributed by atoms with van der Waals surface area (Å²) in [6, 6.07) is 1.70. The number of rotatable bonds is 3. The van der Waals surface area contributed by atoms with Gasteiger partial charge < -0.3 is 9.26 Å². The van der Waals surface area contributed by atoms with Crippen LogP contribution in [0.4, 0.5) is 4.39 Å². The van der Waals surface area contributed by atoms with Crippen LogP contribution in [0.2, 0.25) is 0 Å². The van der Waals surface area contributed by atoms with Crippen LogP contribution in [-0.4, -0.2) is 42.5 Å². The molecule has 2 unspecified atom stereocenters. The predicted octanol–water partition coefficient (Wildman–Crippen LogP) is 1.15. The Balaban J connectivity index is 1.94. The number of aryl methyl sites for hydroxylation is 1. The van der Waals surface area contributed by atoms with Crippen LogP contribution >= 0.6 is 0 Å². The smallest absolute Gasteiger partial charge is 0.141 e. The first-order valence-corrected chi connectivity index (χ1v) is 5.01. The molecule has 1 fully saturated rings. The molecule has 1 aliphatic rings. The van der Waals surface area contributed by atoms with E-state index in [4.69, 9.17) is 9.26 Å². The fourth-order valence-corrected chi connectivity index (χ4v) is 1.79. The Labute approximate surface area is 88.0 Å². The molecule has 84 valence electrons. The maximum Gasteiger partial charge on any atom is 0.141 e. The average molecular weight is 214 g/mol. The van der Waals surface area contributed by atoms with Gasteiger partial charge in [0, 0.05) is 12.6 Å². The van der Waals surface area contributed by atoms with Gasteiger partial charge in [-0.15, -0.1) is 0 Å². The Morgan fingerprint density at radius 1 is 1.60 bits per heavy atom. The Morgan fingerprint density at radius 2 is 2.40 bits per heavy atom. The Hall–Kier alpha value is -0.940. The molecule has 0 saturated carbocycles. The van der Waals surface area contributed by atoms with Crippen molar-refractivity contribution < 1.29 is 13.7 Å². The number of halogens is 1. The van der Waals surface area contributed by atoms with Crippen LogP contribution in [0, 0.1) is 6.92 Å².